The van der Waals surface area contributed by atoms with Crippen LogP contribution >= 0.6 is 0 Å². The minimum atomic E-state index is 0.725. The molecular formula is C9H17N. The molecule has 1 aliphatic carbocycles. The van der Waals surface area contributed by atoms with E-state index in [0.717, 1.165) is 24.9 Å². The highest BCUT2D eigenvalue weighted by Crippen LogP contribution is 2.33. The molecule has 1 rings (SSSR count). The lowest BCUT2D eigenvalue weighted by Gasteiger charge is -2.13. The van der Waals surface area contributed by atoms with E-state index in [9.17, 15) is 0 Å². The summed E-state index contributed by atoms with van der Waals surface area (Å²) >= 11 is 0. The van der Waals surface area contributed by atoms with Gasteiger partial charge in [0.05, 0.1) is 0 Å². The minimum absolute atomic E-state index is 0.725. The van der Waals surface area contributed by atoms with Crippen LogP contribution in [0.25, 0.3) is 0 Å². The van der Waals surface area contributed by atoms with E-state index in [0.29, 0.717) is 0 Å². The van der Waals surface area contributed by atoms with Gasteiger partial charge >= 0.3 is 0 Å². The fourth-order valence-corrected chi connectivity index (χ4v) is 1.38. The van der Waals surface area contributed by atoms with E-state index in [1.165, 1.54) is 12.8 Å². The second kappa shape index (κ2) is 3.77. The van der Waals surface area contributed by atoms with Gasteiger partial charge in [0.2, 0.25) is 0 Å². The summed E-state index contributed by atoms with van der Waals surface area (Å²) in [6, 6.07) is 0.725. The standard InChI is InChI=1S/C9H17N/c1-3-5-9(10-4-2)8-6-7-8/h3,8-10H,1,4-7H2,2H3. The van der Waals surface area contributed by atoms with Crippen LogP contribution in [0.4, 0.5) is 0 Å². The lowest BCUT2D eigenvalue weighted by Crippen LogP contribution is -2.30. The van der Waals surface area contributed by atoms with Crippen LogP contribution < -0.4 is 5.32 Å². The molecule has 0 aliphatic heterocycles. The maximum absolute atomic E-state index is 3.75. The van der Waals surface area contributed by atoms with Crippen molar-refractivity contribution in [1.82, 2.24) is 5.32 Å². The molecule has 1 atom stereocenters. The highest BCUT2D eigenvalue weighted by Gasteiger charge is 2.29. The SMILES string of the molecule is C=CCC(NCC)C1CC1. The number of hydrogen-bond acceptors (Lipinski definition) is 1. The first-order chi connectivity index (χ1) is 4.88. The molecule has 58 valence electrons. The molecular weight excluding hydrogens is 122 g/mol. The van der Waals surface area contributed by atoms with Crippen LogP contribution in [0.15, 0.2) is 12.7 Å². The molecule has 0 spiro atoms. The third-order valence-corrected chi connectivity index (χ3v) is 2.08. The van der Waals surface area contributed by atoms with Gasteiger partial charge in [-0.1, -0.05) is 13.0 Å². The van der Waals surface area contributed by atoms with Crippen molar-refractivity contribution in [2.45, 2.75) is 32.2 Å². The molecule has 1 N–H and O–H groups in total. The molecule has 0 aromatic heterocycles. The summed E-state index contributed by atoms with van der Waals surface area (Å²) in [5.41, 5.74) is 0. The van der Waals surface area contributed by atoms with Crippen molar-refractivity contribution in [3.63, 3.8) is 0 Å². The Hall–Kier alpha value is -0.300. The lowest BCUT2D eigenvalue weighted by atomic mass is 10.1. The zero-order valence-corrected chi connectivity index (χ0v) is 6.77. The molecule has 1 aliphatic rings. The van der Waals surface area contributed by atoms with Gasteiger partial charge in [-0.05, 0) is 31.7 Å². The normalized spacial score (nSPS) is 20.5. The van der Waals surface area contributed by atoms with Crippen molar-refractivity contribution < 1.29 is 0 Å². The predicted molar refractivity (Wildman–Crippen MR) is 45.0 cm³/mol. The van der Waals surface area contributed by atoms with Gasteiger partial charge in [0.15, 0.2) is 0 Å². The zero-order valence-electron chi connectivity index (χ0n) is 6.77. The van der Waals surface area contributed by atoms with Crippen molar-refractivity contribution in [1.29, 1.82) is 0 Å². The van der Waals surface area contributed by atoms with Gasteiger partial charge in [-0.3, -0.25) is 0 Å². The molecule has 0 aromatic rings. The quantitative estimate of drug-likeness (QED) is 0.574. The Kier molecular flexibility index (Phi) is 2.94. The number of nitrogens with one attached hydrogen (secondary N) is 1. The molecule has 0 heterocycles. The largest absolute Gasteiger partial charge is 0.314 e. The van der Waals surface area contributed by atoms with E-state index in [1.54, 1.807) is 0 Å². The Labute approximate surface area is 63.5 Å². The highest BCUT2D eigenvalue weighted by atomic mass is 14.9. The van der Waals surface area contributed by atoms with Crippen molar-refractivity contribution in [3.8, 4) is 0 Å². The van der Waals surface area contributed by atoms with E-state index in [2.05, 4.69) is 18.8 Å². The Bertz CT molecular complexity index is 105. The Balaban J connectivity index is 2.19. The maximum Gasteiger partial charge on any atom is 0.0130 e. The second-order valence-electron chi connectivity index (χ2n) is 3.03. The van der Waals surface area contributed by atoms with E-state index < -0.39 is 0 Å². The lowest BCUT2D eigenvalue weighted by molar-refractivity contribution is 0.480. The average molecular weight is 139 g/mol. The van der Waals surface area contributed by atoms with Gasteiger partial charge < -0.3 is 5.32 Å². The van der Waals surface area contributed by atoms with Crippen LogP contribution in [-0.2, 0) is 0 Å². The molecule has 1 fully saturated rings. The molecule has 0 saturated heterocycles. The molecule has 0 amide bonds. The van der Waals surface area contributed by atoms with Crippen LogP contribution in [0, 0.1) is 5.92 Å². The monoisotopic (exact) mass is 139 g/mol. The van der Waals surface area contributed by atoms with E-state index in [4.69, 9.17) is 0 Å². The fraction of sp³-hybridized carbons (Fsp3) is 0.778. The molecule has 0 radical (unpaired) electrons. The second-order valence-corrected chi connectivity index (χ2v) is 3.03. The number of hydrogen-bond donors (Lipinski definition) is 1. The summed E-state index contributed by atoms with van der Waals surface area (Å²) in [4.78, 5) is 0. The van der Waals surface area contributed by atoms with Gasteiger partial charge in [-0.2, -0.15) is 0 Å². The summed E-state index contributed by atoms with van der Waals surface area (Å²) in [7, 11) is 0. The van der Waals surface area contributed by atoms with E-state index >= 15 is 0 Å². The first-order valence-corrected chi connectivity index (χ1v) is 4.22. The summed E-state index contributed by atoms with van der Waals surface area (Å²) in [5, 5.41) is 3.47. The van der Waals surface area contributed by atoms with Crippen LogP contribution in [0.3, 0.4) is 0 Å². The summed E-state index contributed by atoms with van der Waals surface area (Å²) in [6.07, 6.45) is 6.00. The summed E-state index contributed by atoms with van der Waals surface area (Å²) in [6.45, 7) is 7.01. The molecule has 1 heteroatoms. The summed E-state index contributed by atoms with van der Waals surface area (Å²) < 4.78 is 0. The third kappa shape index (κ3) is 2.14. The smallest absolute Gasteiger partial charge is 0.0130 e. The first kappa shape index (κ1) is 7.80. The van der Waals surface area contributed by atoms with E-state index in [1.807, 2.05) is 6.08 Å². The predicted octanol–water partition coefficient (Wildman–Crippen LogP) is 1.95. The Morgan fingerprint density at radius 2 is 2.40 bits per heavy atom. The van der Waals surface area contributed by atoms with E-state index in [-0.39, 0.29) is 0 Å². The van der Waals surface area contributed by atoms with Gasteiger partial charge in [0.25, 0.3) is 0 Å². The average Bonchev–Trinajstić information content (AvgIpc) is 2.69. The van der Waals surface area contributed by atoms with Gasteiger partial charge in [0, 0.05) is 6.04 Å². The van der Waals surface area contributed by atoms with Crippen LogP contribution in [0.1, 0.15) is 26.2 Å². The Morgan fingerprint density at radius 3 is 2.80 bits per heavy atom. The van der Waals surface area contributed by atoms with Crippen molar-refractivity contribution in [3.05, 3.63) is 12.7 Å². The summed E-state index contributed by atoms with van der Waals surface area (Å²) in [5.74, 6) is 0.956. The topological polar surface area (TPSA) is 12.0 Å². The number of rotatable bonds is 5. The van der Waals surface area contributed by atoms with Gasteiger partial charge in [-0.15, -0.1) is 6.58 Å². The molecule has 1 nitrogen and oxygen atoms in total. The molecule has 0 aromatic carbocycles. The maximum atomic E-state index is 3.75. The molecule has 1 unspecified atom stereocenters. The van der Waals surface area contributed by atoms with Gasteiger partial charge in [0.1, 0.15) is 0 Å². The van der Waals surface area contributed by atoms with Crippen molar-refractivity contribution in [2.75, 3.05) is 6.54 Å². The van der Waals surface area contributed by atoms with Gasteiger partial charge in [-0.25, -0.2) is 0 Å². The third-order valence-electron chi connectivity index (χ3n) is 2.08. The highest BCUT2D eigenvalue weighted by molar-refractivity contribution is 4.90. The van der Waals surface area contributed by atoms with Crippen LogP contribution in [-0.4, -0.2) is 12.6 Å². The fourth-order valence-electron chi connectivity index (χ4n) is 1.38. The van der Waals surface area contributed by atoms with Crippen LogP contribution in [0.5, 0.6) is 0 Å². The minimum Gasteiger partial charge on any atom is -0.314 e. The van der Waals surface area contributed by atoms with Crippen molar-refractivity contribution in [2.24, 2.45) is 5.92 Å². The molecule has 1 saturated carbocycles. The Morgan fingerprint density at radius 1 is 1.70 bits per heavy atom. The van der Waals surface area contributed by atoms with Crippen molar-refractivity contribution >= 4 is 0 Å². The zero-order chi connectivity index (χ0) is 7.40. The molecule has 10 heavy (non-hydrogen) atoms. The van der Waals surface area contributed by atoms with Crippen LogP contribution in [0.2, 0.25) is 0 Å². The molecule has 0 bridgehead atoms. The first-order valence-electron chi connectivity index (χ1n) is 4.22.